The lowest BCUT2D eigenvalue weighted by Crippen LogP contribution is -2.41. The number of ether oxygens (including phenoxy) is 2. The van der Waals surface area contributed by atoms with Crippen LogP contribution >= 0.6 is 0 Å². The first-order valence-electron chi connectivity index (χ1n) is 7.69. The van der Waals surface area contributed by atoms with Gasteiger partial charge in [0.05, 0.1) is 25.2 Å². The Morgan fingerprint density at radius 3 is 2.38 bits per heavy atom. The van der Waals surface area contributed by atoms with E-state index in [9.17, 15) is 4.79 Å². The normalized spacial score (nSPS) is 13.5. The Balaban J connectivity index is 2.85. The molecule has 1 atom stereocenters. The first kappa shape index (κ1) is 17.5. The van der Waals surface area contributed by atoms with Crippen molar-refractivity contribution in [3.8, 4) is 5.75 Å². The molecule has 0 amide bonds. The van der Waals surface area contributed by atoms with Crippen molar-refractivity contribution in [2.75, 3.05) is 19.8 Å². The van der Waals surface area contributed by atoms with Gasteiger partial charge in [0.1, 0.15) is 5.75 Å². The molecule has 0 spiro atoms. The van der Waals surface area contributed by atoms with Gasteiger partial charge >= 0.3 is 5.97 Å². The van der Waals surface area contributed by atoms with E-state index in [0.717, 1.165) is 24.3 Å². The van der Waals surface area contributed by atoms with Crippen LogP contribution in [0.4, 0.5) is 0 Å². The molecule has 0 bridgehead atoms. The van der Waals surface area contributed by atoms with Gasteiger partial charge in [-0.05, 0) is 44.5 Å². The van der Waals surface area contributed by atoms with E-state index in [-0.39, 0.29) is 5.97 Å². The van der Waals surface area contributed by atoms with Gasteiger partial charge in [-0.25, -0.2) is 0 Å². The van der Waals surface area contributed by atoms with Gasteiger partial charge in [-0.3, -0.25) is 4.79 Å². The van der Waals surface area contributed by atoms with Crippen molar-refractivity contribution in [1.82, 2.24) is 5.32 Å². The maximum Gasteiger partial charge on any atom is 0.307 e. The van der Waals surface area contributed by atoms with Gasteiger partial charge in [0.2, 0.25) is 0 Å². The molecule has 4 nitrogen and oxygen atoms in total. The van der Waals surface area contributed by atoms with Crippen molar-refractivity contribution in [3.05, 3.63) is 29.8 Å². The lowest BCUT2D eigenvalue weighted by molar-refractivity contribution is -0.144. The Kier molecular flexibility index (Phi) is 7.23. The van der Waals surface area contributed by atoms with Crippen molar-refractivity contribution < 1.29 is 14.3 Å². The van der Waals surface area contributed by atoms with Crippen LogP contribution in [0.3, 0.4) is 0 Å². The van der Waals surface area contributed by atoms with Crippen LogP contribution in [-0.2, 0) is 15.1 Å². The van der Waals surface area contributed by atoms with Crippen LogP contribution in [0.25, 0.3) is 0 Å². The van der Waals surface area contributed by atoms with Gasteiger partial charge in [0, 0.05) is 0 Å². The summed E-state index contributed by atoms with van der Waals surface area (Å²) in [6.45, 7) is 9.86. The Morgan fingerprint density at radius 1 is 1.19 bits per heavy atom. The first-order valence-corrected chi connectivity index (χ1v) is 7.69. The third-order valence-corrected chi connectivity index (χ3v) is 3.33. The van der Waals surface area contributed by atoms with E-state index < -0.39 is 5.54 Å². The van der Waals surface area contributed by atoms with Gasteiger partial charge in [0.15, 0.2) is 0 Å². The molecule has 118 valence electrons. The van der Waals surface area contributed by atoms with Gasteiger partial charge in [0.25, 0.3) is 0 Å². The van der Waals surface area contributed by atoms with Crippen LogP contribution < -0.4 is 10.1 Å². The maximum atomic E-state index is 11.8. The molecule has 0 heterocycles. The van der Waals surface area contributed by atoms with Crippen molar-refractivity contribution in [3.63, 3.8) is 0 Å². The summed E-state index contributed by atoms with van der Waals surface area (Å²) in [7, 11) is 0. The number of hydrogen-bond donors (Lipinski definition) is 1. The molecule has 1 rings (SSSR count). The van der Waals surface area contributed by atoms with E-state index >= 15 is 0 Å². The molecule has 1 aromatic rings. The molecule has 1 unspecified atom stereocenters. The van der Waals surface area contributed by atoms with Crippen LogP contribution in [0.1, 0.15) is 46.1 Å². The molecule has 1 aromatic carbocycles. The predicted molar refractivity (Wildman–Crippen MR) is 84.5 cm³/mol. The lowest BCUT2D eigenvalue weighted by Gasteiger charge is -2.30. The highest BCUT2D eigenvalue weighted by molar-refractivity contribution is 5.71. The fourth-order valence-electron chi connectivity index (χ4n) is 2.30. The highest BCUT2D eigenvalue weighted by Gasteiger charge is 2.29. The second-order valence-electron chi connectivity index (χ2n) is 5.22. The van der Waals surface area contributed by atoms with Gasteiger partial charge in [-0.15, -0.1) is 0 Å². The van der Waals surface area contributed by atoms with Gasteiger partial charge in [-0.1, -0.05) is 26.0 Å². The van der Waals surface area contributed by atoms with E-state index in [4.69, 9.17) is 9.47 Å². The van der Waals surface area contributed by atoms with Crippen LogP contribution in [0.2, 0.25) is 0 Å². The third kappa shape index (κ3) is 5.38. The highest BCUT2D eigenvalue weighted by atomic mass is 16.5. The Labute approximate surface area is 127 Å². The van der Waals surface area contributed by atoms with E-state index in [1.165, 1.54) is 0 Å². The predicted octanol–water partition coefficient (Wildman–Crippen LogP) is 3.25. The van der Waals surface area contributed by atoms with Crippen LogP contribution in [-0.4, -0.2) is 25.7 Å². The quantitative estimate of drug-likeness (QED) is 0.710. The van der Waals surface area contributed by atoms with Crippen LogP contribution in [0.15, 0.2) is 24.3 Å². The van der Waals surface area contributed by atoms with Crippen molar-refractivity contribution in [2.45, 2.75) is 46.1 Å². The van der Waals surface area contributed by atoms with Crippen LogP contribution in [0.5, 0.6) is 5.75 Å². The summed E-state index contributed by atoms with van der Waals surface area (Å²) < 4.78 is 10.7. The molecule has 21 heavy (non-hydrogen) atoms. The van der Waals surface area contributed by atoms with Gasteiger partial charge < -0.3 is 14.8 Å². The summed E-state index contributed by atoms with van der Waals surface area (Å²) in [5.74, 6) is 0.669. The van der Waals surface area contributed by atoms with E-state index in [2.05, 4.69) is 12.2 Å². The molecule has 0 fully saturated rings. The zero-order valence-electron chi connectivity index (χ0n) is 13.6. The summed E-state index contributed by atoms with van der Waals surface area (Å²) in [6.07, 6.45) is 1.30. The zero-order valence-corrected chi connectivity index (χ0v) is 13.6. The van der Waals surface area contributed by atoms with Crippen LogP contribution in [0, 0.1) is 0 Å². The summed E-state index contributed by atoms with van der Waals surface area (Å²) >= 11 is 0. The van der Waals surface area contributed by atoms with E-state index in [0.29, 0.717) is 19.6 Å². The molecule has 0 aliphatic heterocycles. The maximum absolute atomic E-state index is 11.8. The first-order chi connectivity index (χ1) is 10.1. The molecule has 0 aliphatic carbocycles. The largest absolute Gasteiger partial charge is 0.494 e. The average Bonchev–Trinajstić information content (AvgIpc) is 2.46. The molecular formula is C17H27NO3. The summed E-state index contributed by atoms with van der Waals surface area (Å²) in [5, 5.41) is 3.39. The molecular weight excluding hydrogens is 266 g/mol. The Bertz CT molecular complexity index is 430. The standard InChI is InChI=1S/C17H27NO3/c1-5-12-21-15-10-8-14(9-11-15)17(4,18-6-2)13-16(19)20-7-3/h8-11,18H,5-7,12-13H2,1-4H3. The molecule has 1 N–H and O–H groups in total. The smallest absolute Gasteiger partial charge is 0.307 e. The molecule has 0 aromatic heterocycles. The number of esters is 1. The third-order valence-electron chi connectivity index (χ3n) is 3.33. The lowest BCUT2D eigenvalue weighted by atomic mass is 9.88. The summed E-state index contributed by atoms with van der Waals surface area (Å²) in [4.78, 5) is 11.8. The Hall–Kier alpha value is -1.55. The zero-order chi connectivity index (χ0) is 15.7. The average molecular weight is 293 g/mol. The van der Waals surface area contributed by atoms with E-state index in [1.54, 1.807) is 0 Å². The second-order valence-corrected chi connectivity index (χ2v) is 5.22. The minimum Gasteiger partial charge on any atom is -0.494 e. The summed E-state index contributed by atoms with van der Waals surface area (Å²) in [5.41, 5.74) is 0.630. The van der Waals surface area contributed by atoms with Crippen molar-refractivity contribution in [2.24, 2.45) is 0 Å². The fraction of sp³-hybridized carbons (Fsp3) is 0.588. The number of carbonyl (C=O) groups excluding carboxylic acids is 1. The molecule has 0 aliphatic rings. The van der Waals surface area contributed by atoms with Gasteiger partial charge in [-0.2, -0.15) is 0 Å². The fourth-order valence-corrected chi connectivity index (χ4v) is 2.30. The minimum atomic E-state index is -0.426. The number of hydrogen-bond acceptors (Lipinski definition) is 4. The molecule has 0 saturated carbocycles. The highest BCUT2D eigenvalue weighted by Crippen LogP contribution is 2.27. The second kappa shape index (κ2) is 8.67. The SMILES string of the molecule is CCCOc1ccc(C(C)(CC(=O)OCC)NCC)cc1. The number of carbonyl (C=O) groups is 1. The number of benzene rings is 1. The number of rotatable bonds is 9. The van der Waals surface area contributed by atoms with E-state index in [1.807, 2.05) is 45.0 Å². The molecule has 0 saturated heterocycles. The molecule has 4 heteroatoms. The number of nitrogens with one attached hydrogen (secondary N) is 1. The van der Waals surface area contributed by atoms with Crippen molar-refractivity contribution in [1.29, 1.82) is 0 Å². The monoisotopic (exact) mass is 293 g/mol. The topological polar surface area (TPSA) is 47.6 Å². The minimum absolute atomic E-state index is 0.188. The molecule has 0 radical (unpaired) electrons. The van der Waals surface area contributed by atoms with Crippen molar-refractivity contribution >= 4 is 5.97 Å². The Morgan fingerprint density at radius 2 is 1.86 bits per heavy atom. The summed E-state index contributed by atoms with van der Waals surface area (Å²) in [6, 6.07) is 7.91.